The van der Waals surface area contributed by atoms with Gasteiger partial charge in [-0.15, -0.1) is 0 Å². The predicted molar refractivity (Wildman–Crippen MR) is 304 cm³/mol. The minimum atomic E-state index is -0.254. The first-order chi connectivity index (χ1) is 33.8. The number of fused-ring (bicyclic) bond motifs is 13. The Balaban J connectivity index is 1.22. The van der Waals surface area contributed by atoms with Gasteiger partial charge in [0.15, 0.2) is 0 Å². The number of hydrogen-bond acceptors (Lipinski definition) is 2. The van der Waals surface area contributed by atoms with E-state index in [0.29, 0.717) is 0 Å². The van der Waals surface area contributed by atoms with Crippen LogP contribution in [0.3, 0.4) is 0 Å². The maximum Gasteiger partial charge on any atom is 0.375 e. The first kappa shape index (κ1) is 43.8. The Morgan fingerprint density at radius 3 is 1.70 bits per heavy atom. The summed E-state index contributed by atoms with van der Waals surface area (Å²) >= 11 is 0. The number of aromatic nitrogens is 2. The van der Waals surface area contributed by atoms with Gasteiger partial charge in [0.1, 0.15) is 11.2 Å². The van der Waals surface area contributed by atoms with Crippen molar-refractivity contribution in [1.29, 1.82) is 0 Å². The highest BCUT2D eigenvalue weighted by Gasteiger charge is 2.48. The van der Waals surface area contributed by atoms with Gasteiger partial charge in [0.2, 0.25) is 0 Å². The average molecular weight is 924 g/mol. The fourth-order valence-corrected chi connectivity index (χ4v) is 12.0. The summed E-state index contributed by atoms with van der Waals surface area (Å²) < 4.78 is 12.7. The van der Waals surface area contributed by atoms with Crippen LogP contribution in [0.25, 0.3) is 82.5 Å². The minimum absolute atomic E-state index is 0.00176. The summed E-state index contributed by atoms with van der Waals surface area (Å²) in [5, 5.41) is 6.18. The van der Waals surface area contributed by atoms with Crippen LogP contribution in [0.2, 0.25) is 0 Å². The van der Waals surface area contributed by atoms with Crippen LogP contribution in [0, 0.1) is 0 Å². The first-order valence-electron chi connectivity index (χ1n) is 25.6. The van der Waals surface area contributed by atoms with Gasteiger partial charge >= 0.3 is 6.85 Å². The van der Waals surface area contributed by atoms with Gasteiger partial charge in [-0.25, -0.2) is 0 Å². The molecule has 2 aliphatic rings. The van der Waals surface area contributed by atoms with Gasteiger partial charge in [0.25, 0.3) is 0 Å². The second-order valence-electron chi connectivity index (χ2n) is 24.7. The van der Waals surface area contributed by atoms with Crippen LogP contribution in [0.5, 0.6) is 0 Å². The molecule has 3 aromatic heterocycles. The molecule has 0 bridgehead atoms. The zero-order chi connectivity index (χ0) is 49.3. The topological polar surface area (TPSA) is 26.2 Å². The summed E-state index contributed by atoms with van der Waals surface area (Å²) in [7, 11) is 0. The largest absolute Gasteiger partial charge is 0.466 e. The Kier molecular flexibility index (Phi) is 9.04. The second-order valence-corrected chi connectivity index (χ2v) is 24.7. The predicted octanol–water partition coefficient (Wildman–Crippen LogP) is 16.9. The number of rotatable bonds is 3. The second kappa shape index (κ2) is 14.7. The molecule has 11 aromatic rings. The maximum atomic E-state index is 7.52. The van der Waals surface area contributed by atoms with E-state index in [0.717, 1.165) is 33.7 Å². The maximum absolute atomic E-state index is 7.52. The first-order valence-corrected chi connectivity index (χ1v) is 25.6. The lowest BCUT2D eigenvalue weighted by Crippen LogP contribution is -2.56. The van der Waals surface area contributed by atoms with Crippen LogP contribution < -0.4 is 16.0 Å². The molecule has 71 heavy (non-hydrogen) atoms. The zero-order valence-corrected chi connectivity index (χ0v) is 43.3. The normalized spacial score (nSPS) is 13.9. The van der Waals surface area contributed by atoms with E-state index >= 15 is 0 Å². The molecule has 13 rings (SSSR count). The lowest BCUT2D eigenvalue weighted by molar-refractivity contribution is 0.590. The SMILES string of the molecule is CC(C)(C)c1ccc(-c2ccc3oc4c(c3c2)N(c2ccc(C(C)(C)C)cc2)c2cc(C(C)(C)C)cc3c2B4n2c4ccc(C(C)(C)C)cc4c4cc5c6ccccc6n(-c6ccccc6)c5c-3c42)cc1. The molecule has 0 saturated carbocycles. The molecule has 0 radical (unpaired) electrons. The minimum Gasteiger partial charge on any atom is -0.466 e. The van der Waals surface area contributed by atoms with E-state index in [1.165, 1.54) is 99.3 Å². The Morgan fingerprint density at radius 2 is 1.03 bits per heavy atom. The summed E-state index contributed by atoms with van der Waals surface area (Å²) in [4.78, 5) is 2.56. The molecule has 0 saturated heterocycles. The van der Waals surface area contributed by atoms with E-state index in [1.54, 1.807) is 0 Å². The average Bonchev–Trinajstić information content (AvgIpc) is 3.99. The smallest absolute Gasteiger partial charge is 0.375 e. The fraction of sp³-hybridized carbons (Fsp3) is 0.242. The molecule has 5 heterocycles. The standard InChI is InChI=1S/C66H62BN3O/c1-63(2,3)41-25-22-39(23-26-41)40-24-33-56-51(34-40)61-62(71-56)67-58-52(36-44(66(10,11)12)37-55(58)69(61)46-30-27-42(28-31-46)64(4,5)6)57-59-49(47-20-16-17-21-53(47)68(59)45-18-14-13-15-19-45)38-50-48-35-43(65(7,8)9)29-32-54(48)70(67)60(50)57/h13-38H,1-12H3. The Labute approximate surface area is 418 Å². The number of hydrogen-bond donors (Lipinski definition) is 0. The van der Waals surface area contributed by atoms with Gasteiger partial charge in [0.05, 0.1) is 16.7 Å². The molecular formula is C66H62BN3O. The summed E-state index contributed by atoms with van der Waals surface area (Å²) in [5.41, 5.74) is 22.6. The zero-order valence-electron chi connectivity index (χ0n) is 43.3. The Bertz CT molecular complexity index is 4000. The van der Waals surface area contributed by atoms with Gasteiger partial charge in [-0.2, -0.15) is 0 Å². The molecule has 0 spiro atoms. The third kappa shape index (κ3) is 6.44. The van der Waals surface area contributed by atoms with Crippen LogP contribution in [-0.4, -0.2) is 15.9 Å². The number of para-hydroxylation sites is 2. The highest BCUT2D eigenvalue weighted by atomic mass is 16.3. The molecular weight excluding hydrogens is 862 g/mol. The lowest BCUT2D eigenvalue weighted by Gasteiger charge is -2.40. The van der Waals surface area contributed by atoms with Crippen molar-refractivity contribution < 1.29 is 4.42 Å². The molecule has 8 aromatic carbocycles. The van der Waals surface area contributed by atoms with Gasteiger partial charge in [-0.3, -0.25) is 0 Å². The molecule has 5 heteroatoms. The van der Waals surface area contributed by atoms with E-state index in [-0.39, 0.29) is 28.5 Å². The van der Waals surface area contributed by atoms with Crippen LogP contribution >= 0.6 is 0 Å². The molecule has 4 nitrogen and oxygen atoms in total. The molecule has 0 atom stereocenters. The van der Waals surface area contributed by atoms with Crippen molar-refractivity contribution in [2.75, 3.05) is 4.90 Å². The van der Waals surface area contributed by atoms with Crippen molar-refractivity contribution in [3.63, 3.8) is 0 Å². The quantitative estimate of drug-likeness (QED) is 0.165. The number of furan rings is 1. The van der Waals surface area contributed by atoms with Crippen LogP contribution in [0.4, 0.5) is 17.1 Å². The fourth-order valence-electron chi connectivity index (χ4n) is 12.0. The number of benzene rings is 8. The van der Waals surface area contributed by atoms with Gasteiger partial charge < -0.3 is 18.4 Å². The van der Waals surface area contributed by atoms with Gasteiger partial charge in [0, 0.05) is 60.6 Å². The van der Waals surface area contributed by atoms with E-state index in [2.05, 4.69) is 255 Å². The molecule has 0 fully saturated rings. The van der Waals surface area contributed by atoms with Crippen molar-refractivity contribution in [3.05, 3.63) is 180 Å². The number of anilines is 3. The Hall–Kier alpha value is -7.24. The van der Waals surface area contributed by atoms with Gasteiger partial charge in [-0.05, 0) is 133 Å². The van der Waals surface area contributed by atoms with Gasteiger partial charge in [-0.1, -0.05) is 174 Å². The third-order valence-corrected chi connectivity index (χ3v) is 15.9. The van der Waals surface area contributed by atoms with Crippen molar-refractivity contribution in [2.45, 2.75) is 105 Å². The monoisotopic (exact) mass is 923 g/mol. The molecule has 350 valence electrons. The van der Waals surface area contributed by atoms with Crippen molar-refractivity contribution in [3.8, 4) is 27.9 Å². The van der Waals surface area contributed by atoms with E-state index in [1.807, 2.05) is 0 Å². The molecule has 0 aliphatic carbocycles. The summed E-state index contributed by atoms with van der Waals surface area (Å²) in [6.07, 6.45) is 0. The van der Waals surface area contributed by atoms with E-state index < -0.39 is 0 Å². The molecule has 0 amide bonds. The summed E-state index contributed by atoms with van der Waals surface area (Å²) in [5.74, 6) is 0. The van der Waals surface area contributed by atoms with Crippen LogP contribution in [0.15, 0.2) is 162 Å². The van der Waals surface area contributed by atoms with Crippen LogP contribution in [-0.2, 0) is 21.7 Å². The summed E-state index contributed by atoms with van der Waals surface area (Å²) in [6, 6.07) is 60.2. The summed E-state index contributed by atoms with van der Waals surface area (Å²) in [6.45, 7) is 27.6. The van der Waals surface area contributed by atoms with Crippen LogP contribution in [0.1, 0.15) is 105 Å². The molecule has 0 unspecified atom stereocenters. The highest BCUT2D eigenvalue weighted by Crippen LogP contribution is 2.53. The molecule has 2 aliphatic heterocycles. The number of nitrogens with zero attached hydrogens (tertiary/aromatic N) is 3. The third-order valence-electron chi connectivity index (χ3n) is 15.9. The molecule has 0 N–H and O–H groups in total. The van der Waals surface area contributed by atoms with Crippen molar-refractivity contribution >= 4 is 89.6 Å². The van der Waals surface area contributed by atoms with E-state index in [9.17, 15) is 0 Å². The van der Waals surface area contributed by atoms with E-state index in [4.69, 9.17) is 4.42 Å². The van der Waals surface area contributed by atoms with Crippen molar-refractivity contribution in [2.24, 2.45) is 0 Å². The lowest BCUT2D eigenvalue weighted by atomic mass is 9.47. The van der Waals surface area contributed by atoms with Crippen molar-refractivity contribution in [1.82, 2.24) is 9.05 Å². The highest BCUT2D eigenvalue weighted by molar-refractivity contribution is 6.89. The Morgan fingerprint density at radius 1 is 0.423 bits per heavy atom.